The predicted molar refractivity (Wildman–Crippen MR) is 100 cm³/mol. The van der Waals surface area contributed by atoms with E-state index >= 15 is 0 Å². The lowest BCUT2D eigenvalue weighted by atomic mass is 10.0. The van der Waals surface area contributed by atoms with Crippen molar-refractivity contribution in [2.75, 3.05) is 7.11 Å². The molecule has 2 rings (SSSR count). The van der Waals surface area contributed by atoms with E-state index in [1.165, 1.54) is 19.2 Å². The van der Waals surface area contributed by atoms with E-state index in [-0.39, 0.29) is 17.3 Å². The number of methoxy groups -OCH3 is 1. The number of hydrogen-bond donors (Lipinski definition) is 1. The summed E-state index contributed by atoms with van der Waals surface area (Å²) in [6, 6.07) is 15.8. The smallest absolute Gasteiger partial charge is 0.305 e. The molecule has 0 saturated heterocycles. The molecule has 0 spiro atoms. The Balaban J connectivity index is 2.18. The Morgan fingerprint density at radius 1 is 1.04 bits per heavy atom. The molecular formula is C19H22N2O4S. The third-order valence-electron chi connectivity index (χ3n) is 3.76. The summed E-state index contributed by atoms with van der Waals surface area (Å²) in [5.41, 5.74) is 2.33. The molecule has 0 bridgehead atoms. The molecule has 0 aliphatic rings. The first-order valence-corrected chi connectivity index (χ1v) is 9.68. The number of carbonyl (C=O) groups excluding carboxylic acids is 1. The zero-order valence-electron chi connectivity index (χ0n) is 14.8. The molecule has 0 aromatic heterocycles. The largest absolute Gasteiger partial charge is 0.469 e. The Hall–Kier alpha value is -2.67. The Kier molecular flexibility index (Phi) is 6.91. The van der Waals surface area contributed by atoms with Crippen LogP contribution in [0.4, 0.5) is 0 Å². The molecule has 0 aliphatic heterocycles. The quantitative estimate of drug-likeness (QED) is 0.437. The van der Waals surface area contributed by atoms with Gasteiger partial charge in [-0.3, -0.25) is 4.79 Å². The summed E-state index contributed by atoms with van der Waals surface area (Å²) in [7, 11) is -2.42. The van der Waals surface area contributed by atoms with E-state index in [0.717, 1.165) is 11.1 Å². The second-order valence-corrected chi connectivity index (χ2v) is 7.42. The third kappa shape index (κ3) is 5.70. The standard InChI is InChI=1S/C19H22N2O4S/c1-15-11-13-17(14-12-15)26(23,24)21-20-18(9-6-10-19(22)25-2)16-7-4-3-5-8-16/h3-5,7-8,11-14,21H,6,9-10H2,1-2H3/b20-18-. The summed E-state index contributed by atoms with van der Waals surface area (Å²) in [5, 5.41) is 4.11. The number of nitrogens with one attached hydrogen (secondary N) is 1. The lowest BCUT2D eigenvalue weighted by Gasteiger charge is -2.09. The normalized spacial score (nSPS) is 11.8. The molecule has 0 aliphatic carbocycles. The summed E-state index contributed by atoms with van der Waals surface area (Å²) in [4.78, 5) is 13.7. The summed E-state index contributed by atoms with van der Waals surface area (Å²) in [6.07, 6.45) is 1.19. The number of ether oxygens (including phenoxy) is 1. The Bertz CT molecular complexity index is 860. The highest BCUT2D eigenvalue weighted by molar-refractivity contribution is 7.89. The van der Waals surface area contributed by atoms with Gasteiger partial charge in [0.05, 0.1) is 17.7 Å². The van der Waals surface area contributed by atoms with Crippen LogP contribution < -0.4 is 4.83 Å². The van der Waals surface area contributed by atoms with Crippen LogP contribution in [-0.4, -0.2) is 27.2 Å². The van der Waals surface area contributed by atoms with Gasteiger partial charge in [0, 0.05) is 6.42 Å². The second kappa shape index (κ2) is 9.15. The number of benzene rings is 2. The highest BCUT2D eigenvalue weighted by Crippen LogP contribution is 2.12. The van der Waals surface area contributed by atoms with Crippen molar-refractivity contribution in [1.29, 1.82) is 0 Å². The van der Waals surface area contributed by atoms with Crippen LogP contribution in [0.25, 0.3) is 0 Å². The molecule has 7 heteroatoms. The molecule has 2 aromatic carbocycles. The van der Waals surface area contributed by atoms with Gasteiger partial charge in [-0.25, -0.2) is 0 Å². The molecule has 138 valence electrons. The number of hydrogen-bond acceptors (Lipinski definition) is 5. The molecule has 26 heavy (non-hydrogen) atoms. The summed E-state index contributed by atoms with van der Waals surface area (Å²) in [5.74, 6) is -0.308. The van der Waals surface area contributed by atoms with Crippen molar-refractivity contribution in [3.63, 3.8) is 0 Å². The molecular weight excluding hydrogens is 352 g/mol. The van der Waals surface area contributed by atoms with Crippen molar-refractivity contribution in [3.8, 4) is 0 Å². The van der Waals surface area contributed by atoms with Crippen LogP contribution in [0.1, 0.15) is 30.4 Å². The molecule has 2 aromatic rings. The van der Waals surface area contributed by atoms with E-state index in [9.17, 15) is 13.2 Å². The van der Waals surface area contributed by atoms with Gasteiger partial charge in [0.2, 0.25) is 0 Å². The van der Waals surface area contributed by atoms with E-state index in [0.29, 0.717) is 18.6 Å². The monoisotopic (exact) mass is 374 g/mol. The fraction of sp³-hybridized carbons (Fsp3) is 0.263. The number of nitrogens with zero attached hydrogens (tertiary/aromatic N) is 1. The second-order valence-electron chi connectivity index (χ2n) is 5.76. The zero-order valence-corrected chi connectivity index (χ0v) is 15.6. The number of rotatable bonds is 8. The van der Waals surface area contributed by atoms with Crippen LogP contribution in [0.5, 0.6) is 0 Å². The fourth-order valence-electron chi connectivity index (χ4n) is 2.28. The average Bonchev–Trinajstić information content (AvgIpc) is 2.65. The van der Waals surface area contributed by atoms with Gasteiger partial charge in [-0.15, -0.1) is 0 Å². The van der Waals surface area contributed by atoms with Gasteiger partial charge >= 0.3 is 5.97 Å². The Labute approximate surface area is 153 Å². The lowest BCUT2D eigenvalue weighted by Crippen LogP contribution is -2.21. The molecule has 0 heterocycles. The van der Waals surface area contributed by atoms with Crippen molar-refractivity contribution in [3.05, 3.63) is 65.7 Å². The SMILES string of the molecule is COC(=O)CCC/C(=N/NS(=O)(=O)c1ccc(C)cc1)c1ccccc1. The van der Waals surface area contributed by atoms with Gasteiger partial charge < -0.3 is 4.74 Å². The molecule has 0 amide bonds. The van der Waals surface area contributed by atoms with Gasteiger partial charge in [0.1, 0.15) is 0 Å². The Morgan fingerprint density at radius 3 is 2.31 bits per heavy atom. The molecule has 0 radical (unpaired) electrons. The molecule has 0 saturated carbocycles. The number of esters is 1. The first-order valence-electron chi connectivity index (χ1n) is 8.19. The average molecular weight is 374 g/mol. The molecule has 6 nitrogen and oxygen atoms in total. The van der Waals surface area contributed by atoms with Crippen LogP contribution >= 0.6 is 0 Å². The summed E-state index contributed by atoms with van der Waals surface area (Å²) in [6.45, 7) is 1.89. The van der Waals surface area contributed by atoms with Crippen LogP contribution in [-0.2, 0) is 19.6 Å². The molecule has 1 N–H and O–H groups in total. The lowest BCUT2D eigenvalue weighted by molar-refractivity contribution is -0.140. The van der Waals surface area contributed by atoms with Crippen molar-refractivity contribution in [1.82, 2.24) is 4.83 Å². The third-order valence-corrected chi connectivity index (χ3v) is 4.99. The Morgan fingerprint density at radius 2 is 1.69 bits per heavy atom. The number of hydrazone groups is 1. The topological polar surface area (TPSA) is 84.8 Å². The minimum absolute atomic E-state index is 0.147. The van der Waals surface area contributed by atoms with Gasteiger partial charge in [-0.2, -0.15) is 18.4 Å². The van der Waals surface area contributed by atoms with Crippen LogP contribution in [0.3, 0.4) is 0 Å². The molecule has 0 unspecified atom stereocenters. The highest BCUT2D eigenvalue weighted by Gasteiger charge is 2.14. The van der Waals surface area contributed by atoms with Crippen molar-refractivity contribution in [2.24, 2.45) is 5.10 Å². The predicted octanol–water partition coefficient (Wildman–Crippen LogP) is 3.02. The maximum absolute atomic E-state index is 12.4. The minimum Gasteiger partial charge on any atom is -0.469 e. The number of sulfonamides is 1. The zero-order chi connectivity index (χ0) is 19.0. The van der Waals surface area contributed by atoms with E-state index in [1.54, 1.807) is 12.1 Å². The van der Waals surface area contributed by atoms with E-state index in [2.05, 4.69) is 14.7 Å². The summed E-state index contributed by atoms with van der Waals surface area (Å²) >= 11 is 0. The van der Waals surface area contributed by atoms with E-state index in [1.807, 2.05) is 37.3 Å². The van der Waals surface area contributed by atoms with Crippen molar-refractivity contribution >= 4 is 21.7 Å². The van der Waals surface area contributed by atoms with Crippen LogP contribution in [0, 0.1) is 6.92 Å². The van der Waals surface area contributed by atoms with Crippen molar-refractivity contribution < 1.29 is 17.9 Å². The summed E-state index contributed by atoms with van der Waals surface area (Å²) < 4.78 is 29.5. The highest BCUT2D eigenvalue weighted by atomic mass is 32.2. The maximum atomic E-state index is 12.4. The van der Waals surface area contributed by atoms with Gasteiger partial charge in [0.15, 0.2) is 0 Å². The van der Waals surface area contributed by atoms with Crippen LogP contribution in [0.2, 0.25) is 0 Å². The van der Waals surface area contributed by atoms with Crippen molar-refractivity contribution in [2.45, 2.75) is 31.1 Å². The van der Waals surface area contributed by atoms with E-state index in [4.69, 9.17) is 0 Å². The minimum atomic E-state index is -3.76. The first kappa shape index (κ1) is 19.7. The van der Waals surface area contributed by atoms with E-state index < -0.39 is 10.0 Å². The van der Waals surface area contributed by atoms with Gasteiger partial charge in [0.25, 0.3) is 10.0 Å². The number of carbonyl (C=O) groups is 1. The molecule has 0 fully saturated rings. The number of aryl methyl sites for hydroxylation is 1. The molecule has 0 atom stereocenters. The maximum Gasteiger partial charge on any atom is 0.305 e. The van der Waals surface area contributed by atoms with Gasteiger partial charge in [-0.1, -0.05) is 48.0 Å². The van der Waals surface area contributed by atoms with Gasteiger partial charge in [-0.05, 0) is 37.5 Å². The van der Waals surface area contributed by atoms with Crippen LogP contribution in [0.15, 0.2) is 64.6 Å². The fourth-order valence-corrected chi connectivity index (χ4v) is 3.11. The first-order chi connectivity index (χ1) is 12.4.